The minimum atomic E-state index is -0.0452. The highest BCUT2D eigenvalue weighted by molar-refractivity contribution is 14.1. The smallest absolute Gasteiger partial charge is 0.199 e. The van der Waals surface area contributed by atoms with Gasteiger partial charge in [0.2, 0.25) is 0 Å². The third-order valence-electron chi connectivity index (χ3n) is 3.01. The number of ether oxygens (including phenoxy) is 2. The van der Waals surface area contributed by atoms with Gasteiger partial charge in [0, 0.05) is 10.3 Å². The van der Waals surface area contributed by atoms with Gasteiger partial charge in [0.05, 0.1) is 6.61 Å². The SMILES string of the molecule is CC[C@@H](I)c1ccc(OC2CCCCO2)cc1. The van der Waals surface area contributed by atoms with Crippen molar-refractivity contribution in [3.8, 4) is 5.75 Å². The highest BCUT2D eigenvalue weighted by Gasteiger charge is 2.15. The summed E-state index contributed by atoms with van der Waals surface area (Å²) in [7, 11) is 0. The maximum atomic E-state index is 5.80. The van der Waals surface area contributed by atoms with Crippen molar-refractivity contribution in [1.29, 1.82) is 0 Å². The van der Waals surface area contributed by atoms with Crippen LogP contribution in [0.5, 0.6) is 5.75 Å². The summed E-state index contributed by atoms with van der Waals surface area (Å²) >= 11 is 2.47. The van der Waals surface area contributed by atoms with Crippen LogP contribution in [0, 0.1) is 0 Å². The lowest BCUT2D eigenvalue weighted by Crippen LogP contribution is -2.24. The molecule has 0 radical (unpaired) electrons. The van der Waals surface area contributed by atoms with Crippen LogP contribution < -0.4 is 4.74 Å². The van der Waals surface area contributed by atoms with Gasteiger partial charge in [-0.3, -0.25) is 0 Å². The second-order valence-corrected chi connectivity index (χ2v) is 5.86. The number of halogens is 1. The lowest BCUT2D eigenvalue weighted by molar-refractivity contribution is -0.105. The standard InChI is InChI=1S/C14H19IO2/c1-2-13(15)11-6-8-12(9-7-11)17-14-5-3-4-10-16-14/h6-9,13-14H,2-5,10H2,1H3/t13-,14?/m1/s1. The van der Waals surface area contributed by atoms with E-state index in [9.17, 15) is 0 Å². The third kappa shape index (κ3) is 3.85. The number of benzene rings is 1. The van der Waals surface area contributed by atoms with Crippen LogP contribution in [-0.2, 0) is 4.74 Å². The van der Waals surface area contributed by atoms with Crippen molar-refractivity contribution < 1.29 is 9.47 Å². The number of hydrogen-bond donors (Lipinski definition) is 0. The maximum absolute atomic E-state index is 5.80. The highest BCUT2D eigenvalue weighted by Crippen LogP contribution is 2.28. The molecule has 0 saturated carbocycles. The fraction of sp³-hybridized carbons (Fsp3) is 0.571. The lowest BCUT2D eigenvalue weighted by Gasteiger charge is -2.23. The van der Waals surface area contributed by atoms with Crippen LogP contribution in [0.1, 0.15) is 42.1 Å². The van der Waals surface area contributed by atoms with Crippen LogP contribution in [0.25, 0.3) is 0 Å². The molecule has 1 aromatic rings. The average molecular weight is 346 g/mol. The molecule has 1 unspecified atom stereocenters. The van der Waals surface area contributed by atoms with Gasteiger partial charge >= 0.3 is 0 Å². The van der Waals surface area contributed by atoms with E-state index < -0.39 is 0 Å². The normalized spacial score (nSPS) is 22.1. The predicted molar refractivity (Wildman–Crippen MR) is 77.7 cm³/mol. The molecule has 0 aliphatic carbocycles. The molecule has 1 fully saturated rings. The van der Waals surface area contributed by atoms with Crippen LogP contribution in [0.2, 0.25) is 0 Å². The Balaban J connectivity index is 1.93. The van der Waals surface area contributed by atoms with Crippen LogP contribution >= 0.6 is 22.6 Å². The highest BCUT2D eigenvalue weighted by atomic mass is 127. The van der Waals surface area contributed by atoms with Gasteiger partial charge < -0.3 is 9.47 Å². The summed E-state index contributed by atoms with van der Waals surface area (Å²) in [6, 6.07) is 8.40. The van der Waals surface area contributed by atoms with Crippen molar-refractivity contribution in [3.63, 3.8) is 0 Å². The molecule has 1 aliphatic heterocycles. The molecule has 0 amide bonds. The lowest BCUT2D eigenvalue weighted by atomic mass is 10.1. The quantitative estimate of drug-likeness (QED) is 0.591. The first-order valence-corrected chi connectivity index (χ1v) is 7.56. The Morgan fingerprint density at radius 2 is 2.12 bits per heavy atom. The topological polar surface area (TPSA) is 18.5 Å². The molecule has 1 saturated heterocycles. The molecule has 0 bridgehead atoms. The summed E-state index contributed by atoms with van der Waals surface area (Å²) in [5.74, 6) is 0.917. The molecule has 0 spiro atoms. The Hall–Kier alpha value is -0.290. The number of alkyl halides is 1. The van der Waals surface area contributed by atoms with Crippen molar-refractivity contribution in [2.45, 2.75) is 42.8 Å². The molecule has 0 N–H and O–H groups in total. The molecule has 17 heavy (non-hydrogen) atoms. The molecule has 1 heterocycles. The molecule has 3 heteroatoms. The van der Waals surface area contributed by atoms with Gasteiger partial charge in [0.1, 0.15) is 5.75 Å². The number of rotatable bonds is 4. The van der Waals surface area contributed by atoms with Crippen LogP contribution in [0.15, 0.2) is 24.3 Å². The third-order valence-corrected chi connectivity index (χ3v) is 4.61. The summed E-state index contributed by atoms with van der Waals surface area (Å²) in [5.41, 5.74) is 1.37. The fourth-order valence-corrected chi connectivity index (χ4v) is 2.36. The first-order valence-electron chi connectivity index (χ1n) is 6.32. The largest absolute Gasteiger partial charge is 0.465 e. The molecule has 2 nitrogen and oxygen atoms in total. The molecule has 94 valence electrons. The van der Waals surface area contributed by atoms with E-state index in [0.717, 1.165) is 31.6 Å². The Morgan fingerprint density at radius 3 is 2.71 bits per heavy atom. The first-order chi connectivity index (χ1) is 8.29. The summed E-state index contributed by atoms with van der Waals surface area (Å²) < 4.78 is 11.9. The Kier molecular flexibility index (Phi) is 5.10. The number of hydrogen-bond acceptors (Lipinski definition) is 2. The van der Waals surface area contributed by atoms with Crippen molar-refractivity contribution in [2.24, 2.45) is 0 Å². The molecule has 1 aliphatic rings. The molecular formula is C14H19IO2. The molecule has 2 rings (SSSR count). The monoisotopic (exact) mass is 346 g/mol. The van der Waals surface area contributed by atoms with E-state index in [4.69, 9.17) is 9.47 Å². The van der Waals surface area contributed by atoms with Gasteiger partial charge in [-0.05, 0) is 37.0 Å². The molecule has 1 aromatic carbocycles. The van der Waals surface area contributed by atoms with Crippen LogP contribution in [-0.4, -0.2) is 12.9 Å². The first kappa shape index (κ1) is 13.1. The summed E-state index contributed by atoms with van der Waals surface area (Å²) in [4.78, 5) is 0. The van der Waals surface area contributed by atoms with Gasteiger partial charge in [-0.15, -0.1) is 0 Å². The second kappa shape index (κ2) is 6.59. The van der Waals surface area contributed by atoms with E-state index in [1.807, 2.05) is 0 Å². The predicted octanol–water partition coefficient (Wildman–Crippen LogP) is 4.48. The zero-order chi connectivity index (χ0) is 12.1. The van der Waals surface area contributed by atoms with Crippen molar-refractivity contribution in [2.75, 3.05) is 6.61 Å². The fourth-order valence-electron chi connectivity index (χ4n) is 1.95. The van der Waals surface area contributed by atoms with E-state index in [1.54, 1.807) is 0 Å². The summed E-state index contributed by atoms with van der Waals surface area (Å²) in [6.07, 6.45) is 4.48. The van der Waals surface area contributed by atoms with Crippen molar-refractivity contribution in [1.82, 2.24) is 0 Å². The minimum Gasteiger partial charge on any atom is -0.465 e. The zero-order valence-corrected chi connectivity index (χ0v) is 12.4. The van der Waals surface area contributed by atoms with E-state index in [-0.39, 0.29) is 6.29 Å². The molecular weight excluding hydrogens is 327 g/mol. The van der Waals surface area contributed by atoms with Crippen LogP contribution in [0.3, 0.4) is 0 Å². The van der Waals surface area contributed by atoms with Gasteiger partial charge in [-0.25, -0.2) is 0 Å². The average Bonchev–Trinajstić information content (AvgIpc) is 2.40. The maximum Gasteiger partial charge on any atom is 0.199 e. The minimum absolute atomic E-state index is 0.0452. The Bertz CT molecular complexity index is 331. The molecule has 0 aromatic heterocycles. The van der Waals surface area contributed by atoms with E-state index in [1.165, 1.54) is 12.0 Å². The second-order valence-electron chi connectivity index (χ2n) is 4.36. The molecule has 2 atom stereocenters. The Labute approximate surface area is 117 Å². The van der Waals surface area contributed by atoms with Gasteiger partial charge in [-0.2, -0.15) is 0 Å². The van der Waals surface area contributed by atoms with Crippen LogP contribution in [0.4, 0.5) is 0 Å². The summed E-state index contributed by atoms with van der Waals surface area (Å²) in [6.45, 7) is 3.03. The van der Waals surface area contributed by atoms with E-state index in [0.29, 0.717) is 3.92 Å². The van der Waals surface area contributed by atoms with Gasteiger partial charge in [-0.1, -0.05) is 41.6 Å². The van der Waals surface area contributed by atoms with E-state index in [2.05, 4.69) is 53.8 Å². The van der Waals surface area contributed by atoms with Gasteiger partial charge in [0.25, 0.3) is 0 Å². The summed E-state index contributed by atoms with van der Waals surface area (Å²) in [5, 5.41) is 0. The van der Waals surface area contributed by atoms with Crippen molar-refractivity contribution in [3.05, 3.63) is 29.8 Å². The van der Waals surface area contributed by atoms with Gasteiger partial charge in [0.15, 0.2) is 6.29 Å². The van der Waals surface area contributed by atoms with E-state index >= 15 is 0 Å². The zero-order valence-electron chi connectivity index (χ0n) is 10.2. The van der Waals surface area contributed by atoms with Crippen molar-refractivity contribution >= 4 is 22.6 Å². The Morgan fingerprint density at radius 1 is 1.35 bits per heavy atom.